The number of hydrogen-bond donors (Lipinski definition) is 1. The van der Waals surface area contributed by atoms with E-state index >= 15 is 0 Å². The summed E-state index contributed by atoms with van der Waals surface area (Å²) < 4.78 is 0. The lowest BCUT2D eigenvalue weighted by Crippen LogP contribution is -2.28. The molecule has 0 heterocycles. The molecule has 11 heavy (non-hydrogen) atoms. The fraction of sp³-hybridized carbons (Fsp3) is 1.00. The molecule has 0 amide bonds. The second-order valence-corrected chi connectivity index (χ2v) is 3.15. The van der Waals surface area contributed by atoms with E-state index in [1.54, 1.807) is 0 Å². The molecule has 0 radical (unpaired) electrons. The third-order valence-corrected chi connectivity index (χ3v) is 2.31. The van der Waals surface area contributed by atoms with Gasteiger partial charge in [-0.05, 0) is 18.8 Å². The highest BCUT2D eigenvalue weighted by molar-refractivity contribution is 4.71. The summed E-state index contributed by atoms with van der Waals surface area (Å²) in [6.07, 6.45) is 3.07. The second-order valence-electron chi connectivity index (χ2n) is 3.15. The molecule has 0 aromatic rings. The van der Waals surface area contributed by atoms with Crippen molar-refractivity contribution >= 4 is 0 Å². The first-order chi connectivity index (χ1) is 5.24. The minimum absolute atomic E-state index is 0.102. The number of aliphatic hydroxyl groups excluding tert-OH is 1. The van der Waals surface area contributed by atoms with Crippen LogP contribution in [-0.2, 0) is 0 Å². The van der Waals surface area contributed by atoms with Crippen LogP contribution in [0.5, 0.6) is 0 Å². The topological polar surface area (TPSA) is 63.4 Å². The van der Waals surface area contributed by atoms with Crippen LogP contribution in [0.15, 0.2) is 0 Å². The Balaban J connectivity index is 2.39. The second kappa shape index (κ2) is 3.67. The number of nitrogens with zero attached hydrogens (tertiary/aromatic N) is 1. The molecule has 2 unspecified atom stereocenters. The molecule has 1 aliphatic rings. The van der Waals surface area contributed by atoms with Crippen molar-refractivity contribution in [2.75, 3.05) is 6.61 Å². The van der Waals surface area contributed by atoms with Gasteiger partial charge in [0, 0.05) is 24.4 Å². The number of hydrogen-bond acceptors (Lipinski definition) is 3. The summed E-state index contributed by atoms with van der Waals surface area (Å²) in [4.78, 5) is 10.1. The predicted molar refractivity (Wildman–Crippen MR) is 39.8 cm³/mol. The van der Waals surface area contributed by atoms with E-state index in [0.717, 1.165) is 12.8 Å². The normalized spacial score (nSPS) is 31.7. The van der Waals surface area contributed by atoms with E-state index in [1.165, 1.54) is 0 Å². The van der Waals surface area contributed by atoms with E-state index in [0.29, 0.717) is 12.8 Å². The smallest absolute Gasteiger partial charge is 0.213 e. The van der Waals surface area contributed by atoms with Crippen LogP contribution in [-0.4, -0.2) is 22.7 Å². The van der Waals surface area contributed by atoms with Gasteiger partial charge in [0.1, 0.15) is 0 Å². The Labute approximate surface area is 65.4 Å². The summed E-state index contributed by atoms with van der Waals surface area (Å²) in [6, 6.07) is -0.402. The summed E-state index contributed by atoms with van der Waals surface area (Å²) in [6.45, 7) is 0.102. The van der Waals surface area contributed by atoms with Gasteiger partial charge in [-0.1, -0.05) is 0 Å². The average Bonchev–Trinajstić information content (AvgIpc) is 2.05. The maximum Gasteiger partial charge on any atom is 0.213 e. The summed E-state index contributed by atoms with van der Waals surface area (Å²) in [5, 5.41) is 19.1. The summed E-state index contributed by atoms with van der Waals surface area (Å²) in [7, 11) is 0. The fourth-order valence-corrected chi connectivity index (χ4v) is 1.62. The van der Waals surface area contributed by atoms with E-state index in [1.807, 2.05) is 0 Å². The first kappa shape index (κ1) is 8.46. The Morgan fingerprint density at radius 3 is 2.82 bits per heavy atom. The molecule has 0 aromatic heterocycles. The van der Waals surface area contributed by atoms with Crippen LogP contribution in [0.3, 0.4) is 0 Å². The Hall–Kier alpha value is -0.640. The maximum atomic E-state index is 10.3. The molecular weight excluding hydrogens is 146 g/mol. The van der Waals surface area contributed by atoms with Crippen molar-refractivity contribution in [3.05, 3.63) is 10.1 Å². The Bertz CT molecular complexity index is 149. The molecule has 2 atom stereocenters. The summed E-state index contributed by atoms with van der Waals surface area (Å²) >= 11 is 0. The molecular formula is C7H13NO3. The van der Waals surface area contributed by atoms with E-state index in [4.69, 9.17) is 5.11 Å². The van der Waals surface area contributed by atoms with Crippen molar-refractivity contribution in [1.82, 2.24) is 0 Å². The van der Waals surface area contributed by atoms with E-state index in [9.17, 15) is 10.1 Å². The lowest BCUT2D eigenvalue weighted by atomic mass is 9.87. The van der Waals surface area contributed by atoms with Crippen molar-refractivity contribution < 1.29 is 10.0 Å². The highest BCUT2D eigenvalue weighted by Gasteiger charge is 2.28. The summed E-state index contributed by atoms with van der Waals surface area (Å²) in [5.41, 5.74) is 0. The first-order valence-corrected chi connectivity index (χ1v) is 3.98. The van der Waals surface area contributed by atoms with Crippen molar-refractivity contribution in [3.63, 3.8) is 0 Å². The van der Waals surface area contributed by atoms with Crippen LogP contribution in [0, 0.1) is 16.0 Å². The van der Waals surface area contributed by atoms with Gasteiger partial charge in [0.25, 0.3) is 0 Å². The van der Waals surface area contributed by atoms with Crippen molar-refractivity contribution in [3.8, 4) is 0 Å². The Kier molecular flexibility index (Phi) is 2.82. The molecule has 1 rings (SSSR count). The molecule has 0 saturated heterocycles. The SMILES string of the molecule is O=[N+]([O-])C1CCCC(CO)C1. The lowest BCUT2D eigenvalue weighted by molar-refractivity contribution is -0.528. The zero-order valence-corrected chi connectivity index (χ0v) is 6.40. The highest BCUT2D eigenvalue weighted by atomic mass is 16.6. The molecule has 4 heteroatoms. The van der Waals surface area contributed by atoms with Gasteiger partial charge in [0.15, 0.2) is 0 Å². The molecule has 0 aromatic carbocycles. The summed E-state index contributed by atoms with van der Waals surface area (Å²) in [5.74, 6) is 0.166. The zero-order chi connectivity index (χ0) is 8.27. The minimum atomic E-state index is -0.402. The van der Waals surface area contributed by atoms with Crippen LogP contribution in [0.25, 0.3) is 0 Å². The van der Waals surface area contributed by atoms with Crippen molar-refractivity contribution in [2.45, 2.75) is 31.7 Å². The van der Waals surface area contributed by atoms with Gasteiger partial charge in [-0.15, -0.1) is 0 Å². The predicted octanol–water partition coefficient (Wildman–Crippen LogP) is 0.814. The fourth-order valence-electron chi connectivity index (χ4n) is 1.62. The molecule has 0 spiro atoms. The standard InChI is InChI=1S/C7H13NO3/c9-5-6-2-1-3-7(4-6)8(10)11/h6-7,9H,1-5H2. The molecule has 1 fully saturated rings. The third-order valence-electron chi connectivity index (χ3n) is 2.31. The van der Waals surface area contributed by atoms with E-state index in [2.05, 4.69) is 0 Å². The van der Waals surface area contributed by atoms with Crippen molar-refractivity contribution in [2.24, 2.45) is 5.92 Å². The van der Waals surface area contributed by atoms with Gasteiger partial charge in [0.2, 0.25) is 6.04 Å². The number of nitro groups is 1. The van der Waals surface area contributed by atoms with E-state index in [-0.39, 0.29) is 17.4 Å². The van der Waals surface area contributed by atoms with Crippen LogP contribution < -0.4 is 0 Å². The number of aliphatic hydroxyl groups is 1. The van der Waals surface area contributed by atoms with Gasteiger partial charge in [-0.2, -0.15) is 0 Å². The van der Waals surface area contributed by atoms with Crippen LogP contribution >= 0.6 is 0 Å². The van der Waals surface area contributed by atoms with Gasteiger partial charge in [0.05, 0.1) is 0 Å². The average molecular weight is 159 g/mol. The van der Waals surface area contributed by atoms with Gasteiger partial charge in [-0.3, -0.25) is 10.1 Å². The molecule has 0 bridgehead atoms. The number of rotatable bonds is 2. The maximum absolute atomic E-state index is 10.3. The monoisotopic (exact) mass is 159 g/mol. The van der Waals surface area contributed by atoms with Crippen LogP contribution in [0.1, 0.15) is 25.7 Å². The first-order valence-electron chi connectivity index (χ1n) is 3.98. The Morgan fingerprint density at radius 2 is 2.27 bits per heavy atom. The van der Waals surface area contributed by atoms with Crippen LogP contribution in [0.4, 0.5) is 0 Å². The van der Waals surface area contributed by atoms with Gasteiger partial charge < -0.3 is 5.11 Å². The molecule has 1 aliphatic carbocycles. The Morgan fingerprint density at radius 1 is 1.55 bits per heavy atom. The van der Waals surface area contributed by atoms with E-state index < -0.39 is 6.04 Å². The quantitative estimate of drug-likeness (QED) is 0.479. The molecule has 0 aliphatic heterocycles. The molecule has 64 valence electrons. The van der Waals surface area contributed by atoms with Gasteiger partial charge in [-0.25, -0.2) is 0 Å². The molecule has 4 nitrogen and oxygen atoms in total. The largest absolute Gasteiger partial charge is 0.396 e. The lowest BCUT2D eigenvalue weighted by Gasteiger charge is -2.21. The molecule has 1 saturated carbocycles. The van der Waals surface area contributed by atoms with Crippen molar-refractivity contribution in [1.29, 1.82) is 0 Å². The highest BCUT2D eigenvalue weighted by Crippen LogP contribution is 2.25. The van der Waals surface area contributed by atoms with Crippen LogP contribution in [0.2, 0.25) is 0 Å². The molecule has 1 N–H and O–H groups in total. The third kappa shape index (κ3) is 2.15. The minimum Gasteiger partial charge on any atom is -0.396 e. The zero-order valence-electron chi connectivity index (χ0n) is 6.40. The van der Waals surface area contributed by atoms with Gasteiger partial charge >= 0.3 is 0 Å².